The van der Waals surface area contributed by atoms with Gasteiger partial charge in [-0.1, -0.05) is 5.16 Å². The van der Waals surface area contributed by atoms with Crippen molar-refractivity contribution < 1.29 is 14.1 Å². The van der Waals surface area contributed by atoms with Gasteiger partial charge in [0.1, 0.15) is 0 Å². The van der Waals surface area contributed by atoms with Gasteiger partial charge in [0, 0.05) is 17.5 Å². The molecule has 0 unspecified atom stereocenters. The zero-order chi connectivity index (χ0) is 13.5. The van der Waals surface area contributed by atoms with Crippen molar-refractivity contribution in [3.8, 4) is 6.08 Å². The molecular formula is C12H9N5O3. The maximum Gasteiger partial charge on any atom is 0.425 e. The van der Waals surface area contributed by atoms with E-state index in [1.807, 2.05) is 0 Å². The van der Waals surface area contributed by atoms with Gasteiger partial charge in [-0.05, 0) is 12.8 Å². The maximum absolute atomic E-state index is 12.1. The van der Waals surface area contributed by atoms with Crippen LogP contribution in [0.15, 0.2) is 23.1 Å². The Morgan fingerprint density at radius 3 is 3.10 bits per heavy atom. The summed E-state index contributed by atoms with van der Waals surface area (Å²) in [5.41, 5.74) is 0.950. The van der Waals surface area contributed by atoms with Gasteiger partial charge < -0.3 is 4.74 Å². The number of nitrogens with one attached hydrogen (secondary N) is 1. The van der Waals surface area contributed by atoms with Crippen LogP contribution in [0.25, 0.3) is 10.9 Å². The van der Waals surface area contributed by atoms with Crippen LogP contribution in [0.2, 0.25) is 0 Å². The van der Waals surface area contributed by atoms with Crippen molar-refractivity contribution in [3.63, 3.8) is 0 Å². The van der Waals surface area contributed by atoms with Crippen molar-refractivity contribution in [2.24, 2.45) is 0 Å². The fraction of sp³-hybridized carbons (Fsp3) is 0.250. The zero-order valence-electron chi connectivity index (χ0n) is 10.2. The number of hydrogen-bond donors (Lipinski definition) is 1. The second-order valence-corrected chi connectivity index (χ2v) is 4.60. The van der Waals surface area contributed by atoms with Gasteiger partial charge in [0.15, 0.2) is 5.82 Å². The summed E-state index contributed by atoms with van der Waals surface area (Å²) in [6, 6.07) is 0. The third-order valence-electron chi connectivity index (χ3n) is 3.13. The fourth-order valence-electron chi connectivity index (χ4n) is 1.93. The summed E-state index contributed by atoms with van der Waals surface area (Å²) in [6.45, 7) is 0. The number of ether oxygens (including phenoxy) is 1. The molecule has 20 heavy (non-hydrogen) atoms. The molecule has 8 heteroatoms. The van der Waals surface area contributed by atoms with Gasteiger partial charge in [-0.3, -0.25) is 14.6 Å². The number of esters is 1. The maximum atomic E-state index is 12.1. The Labute approximate surface area is 112 Å². The van der Waals surface area contributed by atoms with Crippen LogP contribution in [-0.2, 0) is 0 Å². The van der Waals surface area contributed by atoms with Crippen molar-refractivity contribution >= 4 is 16.9 Å². The first-order valence-electron chi connectivity index (χ1n) is 6.14. The summed E-state index contributed by atoms with van der Waals surface area (Å²) >= 11 is 0. The lowest BCUT2D eigenvalue weighted by molar-refractivity contribution is 0.0670. The third kappa shape index (κ3) is 1.81. The largest absolute Gasteiger partial charge is 0.425 e. The number of carbonyl (C=O) groups is 1. The van der Waals surface area contributed by atoms with Crippen LogP contribution in [0.4, 0.5) is 0 Å². The van der Waals surface area contributed by atoms with Crippen molar-refractivity contribution in [3.05, 3.63) is 30.0 Å². The van der Waals surface area contributed by atoms with Crippen LogP contribution >= 0.6 is 0 Å². The van der Waals surface area contributed by atoms with Gasteiger partial charge in [0.05, 0.1) is 23.5 Å². The number of rotatable bonds is 3. The lowest BCUT2D eigenvalue weighted by atomic mass is 10.2. The minimum atomic E-state index is -0.601. The number of hydrogen-bond acceptors (Lipinski definition) is 7. The summed E-state index contributed by atoms with van der Waals surface area (Å²) in [5.74, 6) is 0.327. The zero-order valence-corrected chi connectivity index (χ0v) is 10.2. The molecule has 1 aliphatic rings. The molecule has 0 bridgehead atoms. The van der Waals surface area contributed by atoms with Crippen LogP contribution < -0.4 is 4.74 Å². The van der Waals surface area contributed by atoms with Gasteiger partial charge in [0.2, 0.25) is 0 Å². The summed E-state index contributed by atoms with van der Waals surface area (Å²) in [4.78, 5) is 20.1. The molecule has 0 atom stereocenters. The first-order chi connectivity index (χ1) is 9.81. The second-order valence-electron chi connectivity index (χ2n) is 4.60. The monoisotopic (exact) mass is 271 g/mol. The molecule has 3 aromatic rings. The normalized spacial score (nSPS) is 14.6. The van der Waals surface area contributed by atoms with Crippen LogP contribution in [0, 0.1) is 0 Å². The molecule has 3 aromatic heterocycles. The Hall–Kier alpha value is -2.77. The third-order valence-corrected chi connectivity index (χ3v) is 3.13. The first-order valence-corrected chi connectivity index (χ1v) is 6.14. The number of aromatic amines is 1. The lowest BCUT2D eigenvalue weighted by Crippen LogP contribution is -2.09. The minimum absolute atomic E-state index is 0.141. The van der Waals surface area contributed by atoms with Crippen LogP contribution in [0.3, 0.4) is 0 Å². The van der Waals surface area contributed by atoms with Crippen LogP contribution in [0.1, 0.15) is 34.9 Å². The van der Waals surface area contributed by atoms with Crippen molar-refractivity contribution in [1.29, 1.82) is 0 Å². The van der Waals surface area contributed by atoms with Crippen LogP contribution in [0.5, 0.6) is 6.08 Å². The summed E-state index contributed by atoms with van der Waals surface area (Å²) in [7, 11) is 0. The highest BCUT2D eigenvalue weighted by atomic mass is 16.7. The SMILES string of the molecule is O=C(Oc1nc(C2CC2)no1)c1cncc2[nH]ncc12. The predicted molar refractivity (Wildman–Crippen MR) is 65.1 cm³/mol. The van der Waals surface area contributed by atoms with Crippen LogP contribution in [-0.4, -0.2) is 31.3 Å². The Morgan fingerprint density at radius 2 is 2.25 bits per heavy atom. The molecule has 0 amide bonds. The average Bonchev–Trinajstić information content (AvgIpc) is 3.00. The molecule has 4 rings (SSSR count). The van der Waals surface area contributed by atoms with E-state index in [1.165, 1.54) is 12.4 Å². The molecular weight excluding hydrogens is 262 g/mol. The smallest absolute Gasteiger partial charge is 0.372 e. The predicted octanol–water partition coefficient (Wildman–Crippen LogP) is 1.44. The van der Waals surface area contributed by atoms with Gasteiger partial charge in [0.25, 0.3) is 0 Å². The quantitative estimate of drug-likeness (QED) is 0.718. The molecule has 1 N–H and O–H groups in total. The van der Waals surface area contributed by atoms with E-state index in [0.717, 1.165) is 12.8 Å². The second kappa shape index (κ2) is 4.12. The van der Waals surface area contributed by atoms with E-state index in [0.29, 0.717) is 28.2 Å². The van der Waals surface area contributed by atoms with Gasteiger partial charge in [-0.15, -0.1) is 0 Å². The van der Waals surface area contributed by atoms with E-state index in [1.54, 1.807) is 6.20 Å². The van der Waals surface area contributed by atoms with E-state index < -0.39 is 5.97 Å². The summed E-state index contributed by atoms with van der Waals surface area (Å²) in [5, 5.41) is 11.0. The van der Waals surface area contributed by atoms with E-state index in [9.17, 15) is 4.79 Å². The molecule has 1 fully saturated rings. The highest BCUT2D eigenvalue weighted by molar-refractivity contribution is 6.03. The number of pyridine rings is 1. The molecule has 0 spiro atoms. The van der Waals surface area contributed by atoms with Crippen molar-refractivity contribution in [2.45, 2.75) is 18.8 Å². The van der Waals surface area contributed by atoms with Crippen molar-refractivity contribution in [2.75, 3.05) is 0 Å². The standard InChI is InChI=1S/C12H9N5O3/c18-11(8-3-13-5-9-7(8)4-14-16-9)19-12-15-10(17-20-12)6-1-2-6/h3-6H,1-2H2,(H,14,16). The number of nitrogens with zero attached hydrogens (tertiary/aromatic N) is 4. The molecule has 0 saturated heterocycles. The molecule has 0 aliphatic heterocycles. The Morgan fingerprint density at radius 1 is 1.35 bits per heavy atom. The Bertz CT molecular complexity index is 789. The molecule has 0 radical (unpaired) electrons. The number of aromatic nitrogens is 5. The fourth-order valence-corrected chi connectivity index (χ4v) is 1.93. The van der Waals surface area contributed by atoms with Crippen molar-refractivity contribution in [1.82, 2.24) is 25.3 Å². The highest BCUT2D eigenvalue weighted by Gasteiger charge is 2.29. The highest BCUT2D eigenvalue weighted by Crippen LogP contribution is 2.38. The molecule has 3 heterocycles. The molecule has 100 valence electrons. The molecule has 1 saturated carbocycles. The van der Waals surface area contributed by atoms with E-state index in [4.69, 9.17) is 9.26 Å². The van der Waals surface area contributed by atoms with E-state index in [2.05, 4.69) is 25.3 Å². The van der Waals surface area contributed by atoms with Gasteiger partial charge >= 0.3 is 12.0 Å². The topological polar surface area (TPSA) is 107 Å². The molecule has 1 aliphatic carbocycles. The lowest BCUT2D eigenvalue weighted by Gasteiger charge is -1.99. The molecule has 8 nitrogen and oxygen atoms in total. The average molecular weight is 271 g/mol. The molecule has 0 aromatic carbocycles. The number of fused-ring (bicyclic) bond motifs is 1. The Kier molecular flexibility index (Phi) is 2.28. The number of carbonyl (C=O) groups excluding carboxylic acids is 1. The van der Waals surface area contributed by atoms with E-state index >= 15 is 0 Å². The summed E-state index contributed by atoms with van der Waals surface area (Å²) < 4.78 is 9.98. The van der Waals surface area contributed by atoms with Gasteiger partial charge in [-0.25, -0.2) is 4.79 Å². The minimum Gasteiger partial charge on any atom is -0.372 e. The number of H-pyrrole nitrogens is 1. The summed E-state index contributed by atoms with van der Waals surface area (Å²) in [6.07, 6.45) is 6.49. The Balaban J connectivity index is 1.61. The van der Waals surface area contributed by atoms with E-state index in [-0.39, 0.29) is 6.08 Å². The first kappa shape index (κ1) is 11.1. The van der Waals surface area contributed by atoms with Gasteiger partial charge in [-0.2, -0.15) is 10.1 Å².